The van der Waals surface area contributed by atoms with Crippen LogP contribution in [0.1, 0.15) is 69.8 Å². The van der Waals surface area contributed by atoms with E-state index in [9.17, 15) is 0 Å². The molecule has 0 saturated carbocycles. The first-order chi connectivity index (χ1) is 27.8. The molecule has 0 amide bonds. The monoisotopic (exact) mass is 728 g/mol. The van der Waals surface area contributed by atoms with Crippen LogP contribution in [0, 0.1) is 5.92 Å². The molecule has 2 heteroatoms. The van der Waals surface area contributed by atoms with Crippen LogP contribution >= 0.6 is 0 Å². The Kier molecular flexibility index (Phi) is 10.8. The standard InChI is InChI=1S/C54H52N2/c1-5-13-41(14-6-1)44-21-31-50(32-22-44)55(49-19-11-4-12-20-49)51-37-27-47(28-38-51)48-29-39-54(40-30-48)56(52-33-23-45(24-34-52)42-15-7-2-8-16-42)53-35-25-46(26-36-53)43-17-9-3-10-18-43/h1-2,4-8,11-17,19-23,27-32,35,37-40,46,52H,3,9-10,18,24-26,33-34,36H2. The van der Waals surface area contributed by atoms with Gasteiger partial charge in [-0.25, -0.2) is 0 Å². The summed E-state index contributed by atoms with van der Waals surface area (Å²) in [4.78, 5) is 5.06. The molecule has 0 bridgehead atoms. The molecule has 3 aliphatic carbocycles. The Bertz CT molecular complexity index is 2280. The van der Waals surface area contributed by atoms with Crippen LogP contribution in [-0.4, -0.2) is 6.04 Å². The minimum Gasteiger partial charge on any atom is -0.342 e. The van der Waals surface area contributed by atoms with Gasteiger partial charge in [0.05, 0.1) is 0 Å². The molecule has 0 aromatic heterocycles. The Morgan fingerprint density at radius 2 is 0.929 bits per heavy atom. The number of hydrogen-bond acceptors (Lipinski definition) is 2. The maximum Gasteiger partial charge on any atom is 0.0462 e. The maximum atomic E-state index is 2.72. The summed E-state index contributed by atoms with van der Waals surface area (Å²) in [5, 5.41) is 0. The van der Waals surface area contributed by atoms with E-state index in [1.54, 1.807) is 5.57 Å². The Morgan fingerprint density at radius 3 is 1.45 bits per heavy atom. The Balaban J connectivity index is 0.972. The largest absolute Gasteiger partial charge is 0.342 e. The lowest BCUT2D eigenvalue weighted by molar-refractivity contribution is 0.479. The zero-order valence-corrected chi connectivity index (χ0v) is 32.4. The van der Waals surface area contributed by atoms with Crippen LogP contribution in [0.2, 0.25) is 0 Å². The van der Waals surface area contributed by atoms with Crippen LogP contribution in [0.3, 0.4) is 0 Å². The number of rotatable bonds is 10. The smallest absolute Gasteiger partial charge is 0.0462 e. The summed E-state index contributed by atoms with van der Waals surface area (Å²) < 4.78 is 0. The predicted molar refractivity (Wildman–Crippen MR) is 239 cm³/mol. The highest BCUT2D eigenvalue weighted by Crippen LogP contribution is 2.41. The lowest BCUT2D eigenvalue weighted by atomic mass is 9.80. The maximum absolute atomic E-state index is 2.72. The zero-order chi connectivity index (χ0) is 37.5. The lowest BCUT2D eigenvalue weighted by Gasteiger charge is -2.40. The Hall–Kier alpha value is -5.86. The quantitative estimate of drug-likeness (QED) is 0.130. The van der Waals surface area contributed by atoms with Crippen molar-refractivity contribution in [2.45, 2.75) is 70.3 Å². The van der Waals surface area contributed by atoms with Gasteiger partial charge in [-0.3, -0.25) is 0 Å². The van der Waals surface area contributed by atoms with Crippen LogP contribution in [0.25, 0.3) is 27.8 Å². The second-order valence-electron chi connectivity index (χ2n) is 15.8. The van der Waals surface area contributed by atoms with Crippen LogP contribution in [0.15, 0.2) is 193 Å². The van der Waals surface area contributed by atoms with Crippen molar-refractivity contribution in [1.82, 2.24) is 0 Å². The molecule has 6 aromatic carbocycles. The van der Waals surface area contributed by atoms with E-state index in [0.717, 1.165) is 42.2 Å². The van der Waals surface area contributed by atoms with Crippen LogP contribution in [0.4, 0.5) is 22.7 Å². The molecule has 0 saturated heterocycles. The second kappa shape index (κ2) is 16.9. The van der Waals surface area contributed by atoms with Gasteiger partial charge in [-0.1, -0.05) is 139 Å². The average Bonchev–Trinajstić information content (AvgIpc) is 3.29. The normalized spacial score (nSPS) is 18.3. The summed E-state index contributed by atoms with van der Waals surface area (Å²) in [7, 11) is 0. The first-order valence-corrected chi connectivity index (χ1v) is 20.9. The Morgan fingerprint density at radius 1 is 0.393 bits per heavy atom. The van der Waals surface area contributed by atoms with E-state index in [1.165, 1.54) is 89.7 Å². The lowest BCUT2D eigenvalue weighted by Crippen LogP contribution is -2.36. The van der Waals surface area contributed by atoms with Crippen LogP contribution < -0.4 is 9.80 Å². The third-order valence-corrected chi connectivity index (χ3v) is 12.3. The molecule has 278 valence electrons. The molecule has 3 aliphatic rings. The molecule has 2 unspecified atom stereocenters. The highest BCUT2D eigenvalue weighted by Gasteiger charge is 2.28. The molecule has 56 heavy (non-hydrogen) atoms. The van der Waals surface area contributed by atoms with Crippen LogP contribution in [-0.2, 0) is 0 Å². The van der Waals surface area contributed by atoms with Crippen LogP contribution in [0.5, 0.6) is 0 Å². The summed E-state index contributed by atoms with van der Waals surface area (Å²) in [5.41, 5.74) is 15.8. The molecule has 0 aliphatic heterocycles. The topological polar surface area (TPSA) is 6.48 Å². The summed E-state index contributed by atoms with van der Waals surface area (Å²) in [6, 6.07) is 60.1. The molecule has 0 radical (unpaired) electrons. The van der Waals surface area contributed by atoms with E-state index >= 15 is 0 Å². The van der Waals surface area contributed by atoms with Gasteiger partial charge in [0.2, 0.25) is 0 Å². The fourth-order valence-electron chi connectivity index (χ4n) is 9.27. The molecule has 9 rings (SSSR count). The van der Waals surface area contributed by atoms with Gasteiger partial charge in [-0.05, 0) is 152 Å². The number of para-hydroxylation sites is 1. The highest BCUT2D eigenvalue weighted by atomic mass is 15.2. The number of benzene rings is 6. The summed E-state index contributed by atoms with van der Waals surface area (Å²) >= 11 is 0. The summed E-state index contributed by atoms with van der Waals surface area (Å²) in [6.45, 7) is 0. The van der Waals surface area contributed by atoms with E-state index in [1.807, 2.05) is 0 Å². The third-order valence-electron chi connectivity index (χ3n) is 12.3. The van der Waals surface area contributed by atoms with Crippen molar-refractivity contribution in [3.8, 4) is 22.3 Å². The summed E-state index contributed by atoms with van der Waals surface area (Å²) in [6.07, 6.45) is 20.0. The van der Waals surface area contributed by atoms with Gasteiger partial charge in [0, 0.05) is 34.5 Å². The van der Waals surface area contributed by atoms with Gasteiger partial charge in [-0.2, -0.15) is 0 Å². The first kappa shape index (κ1) is 35.8. The third kappa shape index (κ3) is 7.93. The minimum absolute atomic E-state index is 0.468. The molecule has 0 fully saturated rings. The first-order valence-electron chi connectivity index (χ1n) is 20.9. The van der Waals surface area contributed by atoms with Gasteiger partial charge < -0.3 is 9.80 Å². The molecule has 6 aromatic rings. The fraction of sp³-hybridized carbons (Fsp3) is 0.222. The number of anilines is 4. The van der Waals surface area contributed by atoms with Crippen molar-refractivity contribution in [3.05, 3.63) is 199 Å². The van der Waals surface area contributed by atoms with Gasteiger partial charge in [0.1, 0.15) is 0 Å². The van der Waals surface area contributed by atoms with Crippen molar-refractivity contribution < 1.29 is 0 Å². The van der Waals surface area contributed by atoms with E-state index in [2.05, 4.69) is 192 Å². The SMILES string of the molecule is C1=C(c2ccccc2)CCC(N(C2=CCC(C3=CCCCC3)CC2)c2ccc(-c3ccc(N(c4ccccc4)c4ccc(-c5ccccc5)cc4)cc3)cc2)C1. The average molecular weight is 729 g/mol. The predicted octanol–water partition coefficient (Wildman–Crippen LogP) is 15.1. The second-order valence-corrected chi connectivity index (χ2v) is 15.8. The van der Waals surface area contributed by atoms with Gasteiger partial charge in [0.25, 0.3) is 0 Å². The van der Waals surface area contributed by atoms with Crippen molar-refractivity contribution in [2.75, 3.05) is 9.80 Å². The molecule has 2 nitrogen and oxygen atoms in total. The van der Waals surface area contributed by atoms with E-state index in [4.69, 9.17) is 0 Å². The van der Waals surface area contributed by atoms with Crippen molar-refractivity contribution in [2.24, 2.45) is 5.92 Å². The van der Waals surface area contributed by atoms with E-state index in [-0.39, 0.29) is 0 Å². The van der Waals surface area contributed by atoms with Gasteiger partial charge in [-0.15, -0.1) is 0 Å². The van der Waals surface area contributed by atoms with Crippen molar-refractivity contribution in [3.63, 3.8) is 0 Å². The molecule has 0 spiro atoms. The molecule has 0 N–H and O–H groups in total. The van der Waals surface area contributed by atoms with Crippen molar-refractivity contribution in [1.29, 1.82) is 0 Å². The molecular formula is C54H52N2. The zero-order valence-electron chi connectivity index (χ0n) is 32.4. The highest BCUT2D eigenvalue weighted by molar-refractivity contribution is 5.80. The number of hydrogen-bond donors (Lipinski definition) is 0. The van der Waals surface area contributed by atoms with Crippen molar-refractivity contribution >= 4 is 28.3 Å². The van der Waals surface area contributed by atoms with E-state index in [0.29, 0.717) is 6.04 Å². The number of allylic oxidation sites excluding steroid dienone is 5. The molecule has 0 heterocycles. The molecular weight excluding hydrogens is 677 g/mol. The van der Waals surface area contributed by atoms with Gasteiger partial charge in [0.15, 0.2) is 0 Å². The van der Waals surface area contributed by atoms with Gasteiger partial charge >= 0.3 is 0 Å². The summed E-state index contributed by atoms with van der Waals surface area (Å²) in [5.74, 6) is 0.730. The Labute approximate surface area is 334 Å². The molecule has 2 atom stereocenters. The fourth-order valence-corrected chi connectivity index (χ4v) is 9.27. The number of nitrogens with zero attached hydrogens (tertiary/aromatic N) is 2. The minimum atomic E-state index is 0.468. The van der Waals surface area contributed by atoms with E-state index < -0.39 is 0 Å².